The molecule has 0 spiro atoms. The Balaban J connectivity index is 2.24. The van der Waals surface area contributed by atoms with Gasteiger partial charge in [-0.3, -0.25) is 24.3 Å². The van der Waals surface area contributed by atoms with E-state index in [0.717, 1.165) is 5.56 Å². The van der Waals surface area contributed by atoms with Gasteiger partial charge in [-0.15, -0.1) is 0 Å². The summed E-state index contributed by atoms with van der Waals surface area (Å²) in [7, 11) is 0. The number of piperidine rings is 1. The molecule has 7 nitrogen and oxygen atoms in total. The molecule has 120 valence electrons. The first kappa shape index (κ1) is 15.4. The predicted molar refractivity (Wildman–Crippen MR) is 84.7 cm³/mol. The molecule has 1 aromatic carbocycles. The number of hydrogen-bond acceptors (Lipinski definition) is 5. The van der Waals surface area contributed by atoms with Gasteiger partial charge in [0.15, 0.2) is 0 Å². The van der Waals surface area contributed by atoms with E-state index in [4.69, 9.17) is 5.73 Å². The molecule has 3 N–H and O–H groups in total. The van der Waals surface area contributed by atoms with Crippen molar-refractivity contribution in [2.45, 2.75) is 38.8 Å². The molecule has 2 aromatic rings. The standard InChI is InChI=1S/C16H18N4O3/c1-9-18-12-7-10(8-17)3-4-11(12)14(22)20(9)16(2)6-5-13(21)19-15(16)23/h3-4,7H,5-6,8,17H2,1-2H3,(H,19,21,23). The van der Waals surface area contributed by atoms with Crippen molar-refractivity contribution in [1.29, 1.82) is 0 Å². The minimum Gasteiger partial charge on any atom is -0.326 e. The number of benzene rings is 1. The van der Waals surface area contributed by atoms with Gasteiger partial charge in [0.25, 0.3) is 11.5 Å². The minimum absolute atomic E-state index is 0.193. The predicted octanol–water partition coefficient (Wildman–Crippen LogP) is 0.315. The number of aromatic nitrogens is 2. The quantitative estimate of drug-likeness (QED) is 0.776. The molecule has 1 aliphatic heterocycles. The van der Waals surface area contributed by atoms with Gasteiger partial charge in [0.1, 0.15) is 11.4 Å². The summed E-state index contributed by atoms with van der Waals surface area (Å²) in [5.41, 5.74) is 5.65. The van der Waals surface area contributed by atoms with E-state index in [1.54, 1.807) is 32.0 Å². The van der Waals surface area contributed by atoms with E-state index in [-0.39, 0.29) is 24.3 Å². The third-order valence-corrected chi connectivity index (χ3v) is 4.41. The van der Waals surface area contributed by atoms with E-state index in [2.05, 4.69) is 10.3 Å². The maximum Gasteiger partial charge on any atom is 0.262 e. The van der Waals surface area contributed by atoms with E-state index in [9.17, 15) is 14.4 Å². The summed E-state index contributed by atoms with van der Waals surface area (Å²) in [6.45, 7) is 3.71. The molecular formula is C16H18N4O3. The van der Waals surface area contributed by atoms with Crippen molar-refractivity contribution in [3.8, 4) is 0 Å². The third-order valence-electron chi connectivity index (χ3n) is 4.41. The molecule has 7 heteroatoms. The zero-order valence-corrected chi connectivity index (χ0v) is 13.0. The molecule has 1 atom stereocenters. The Morgan fingerprint density at radius 3 is 2.74 bits per heavy atom. The van der Waals surface area contributed by atoms with Crippen molar-refractivity contribution in [2.75, 3.05) is 0 Å². The van der Waals surface area contributed by atoms with Crippen molar-refractivity contribution in [2.24, 2.45) is 5.73 Å². The second-order valence-electron chi connectivity index (χ2n) is 6.01. The fourth-order valence-corrected chi connectivity index (χ4v) is 3.06. The number of nitrogens with zero attached hydrogens (tertiary/aromatic N) is 2. The molecule has 0 aliphatic carbocycles. The summed E-state index contributed by atoms with van der Waals surface area (Å²) in [4.78, 5) is 41.1. The molecule has 1 aliphatic rings. The lowest BCUT2D eigenvalue weighted by molar-refractivity contribution is -0.140. The Morgan fingerprint density at radius 2 is 2.09 bits per heavy atom. The van der Waals surface area contributed by atoms with Crippen LogP contribution < -0.4 is 16.6 Å². The summed E-state index contributed by atoms with van der Waals surface area (Å²) in [6, 6.07) is 5.23. The molecular weight excluding hydrogens is 296 g/mol. The monoisotopic (exact) mass is 314 g/mol. The highest BCUT2D eigenvalue weighted by Crippen LogP contribution is 2.26. The van der Waals surface area contributed by atoms with Gasteiger partial charge in [0.2, 0.25) is 5.91 Å². The number of carbonyl (C=O) groups excluding carboxylic acids is 2. The average Bonchev–Trinajstić information content (AvgIpc) is 2.51. The molecule has 1 unspecified atom stereocenters. The van der Waals surface area contributed by atoms with Crippen LogP contribution in [0.1, 0.15) is 31.2 Å². The number of carbonyl (C=O) groups is 2. The molecule has 1 saturated heterocycles. The number of rotatable bonds is 2. The number of nitrogens with two attached hydrogens (primary N) is 1. The van der Waals surface area contributed by atoms with Gasteiger partial charge in [-0.2, -0.15) is 0 Å². The van der Waals surface area contributed by atoms with E-state index in [1.807, 2.05) is 0 Å². The van der Waals surface area contributed by atoms with Crippen LogP contribution in [0.25, 0.3) is 10.9 Å². The van der Waals surface area contributed by atoms with E-state index in [0.29, 0.717) is 23.3 Å². The molecule has 0 radical (unpaired) electrons. The second kappa shape index (κ2) is 5.27. The first-order chi connectivity index (χ1) is 10.9. The van der Waals surface area contributed by atoms with Gasteiger partial charge in [0.05, 0.1) is 10.9 Å². The van der Waals surface area contributed by atoms with Gasteiger partial charge in [0, 0.05) is 13.0 Å². The van der Waals surface area contributed by atoms with Crippen molar-refractivity contribution in [3.63, 3.8) is 0 Å². The first-order valence-corrected chi connectivity index (χ1v) is 7.44. The van der Waals surface area contributed by atoms with Crippen molar-refractivity contribution in [3.05, 3.63) is 39.9 Å². The lowest BCUT2D eigenvalue weighted by Gasteiger charge is -2.34. The van der Waals surface area contributed by atoms with Crippen LogP contribution in [-0.4, -0.2) is 21.4 Å². The largest absolute Gasteiger partial charge is 0.326 e. The Hall–Kier alpha value is -2.54. The lowest BCUT2D eigenvalue weighted by Crippen LogP contribution is -2.56. The van der Waals surface area contributed by atoms with Crippen LogP contribution >= 0.6 is 0 Å². The van der Waals surface area contributed by atoms with Crippen LogP contribution in [0, 0.1) is 6.92 Å². The topological polar surface area (TPSA) is 107 Å². The molecule has 3 rings (SSSR count). The van der Waals surface area contributed by atoms with Gasteiger partial charge in [-0.25, -0.2) is 4.98 Å². The van der Waals surface area contributed by atoms with Crippen LogP contribution in [0.15, 0.2) is 23.0 Å². The molecule has 0 bridgehead atoms. The van der Waals surface area contributed by atoms with Gasteiger partial charge in [-0.1, -0.05) is 6.07 Å². The number of amides is 2. The minimum atomic E-state index is -1.12. The Kier molecular flexibility index (Phi) is 3.52. The molecule has 2 amide bonds. The molecule has 1 aromatic heterocycles. The van der Waals surface area contributed by atoms with Crippen molar-refractivity contribution >= 4 is 22.7 Å². The summed E-state index contributed by atoms with van der Waals surface area (Å²) in [5, 5.41) is 2.74. The summed E-state index contributed by atoms with van der Waals surface area (Å²) < 4.78 is 1.39. The SMILES string of the molecule is Cc1nc2cc(CN)ccc2c(=O)n1C1(C)CCC(=O)NC1=O. The highest BCUT2D eigenvalue weighted by molar-refractivity contribution is 6.01. The Labute approximate surface area is 132 Å². The normalized spacial score (nSPS) is 21.5. The van der Waals surface area contributed by atoms with Crippen LogP contribution in [0.5, 0.6) is 0 Å². The van der Waals surface area contributed by atoms with Gasteiger partial charge in [-0.05, 0) is 38.0 Å². The summed E-state index contributed by atoms with van der Waals surface area (Å²) >= 11 is 0. The maximum atomic E-state index is 12.9. The first-order valence-electron chi connectivity index (χ1n) is 7.44. The highest BCUT2D eigenvalue weighted by Gasteiger charge is 2.42. The summed E-state index contributed by atoms with van der Waals surface area (Å²) in [5.74, 6) is -0.359. The number of fused-ring (bicyclic) bond motifs is 1. The van der Waals surface area contributed by atoms with Gasteiger partial charge >= 0.3 is 0 Å². The fourth-order valence-electron chi connectivity index (χ4n) is 3.06. The fraction of sp³-hybridized carbons (Fsp3) is 0.375. The number of nitrogens with one attached hydrogen (secondary N) is 1. The Morgan fingerprint density at radius 1 is 1.35 bits per heavy atom. The number of aryl methyl sites for hydroxylation is 1. The lowest BCUT2D eigenvalue weighted by atomic mass is 9.90. The van der Waals surface area contributed by atoms with E-state index >= 15 is 0 Å². The van der Waals surface area contributed by atoms with E-state index in [1.165, 1.54) is 4.57 Å². The van der Waals surface area contributed by atoms with Gasteiger partial charge < -0.3 is 5.73 Å². The van der Waals surface area contributed by atoms with Crippen molar-refractivity contribution in [1.82, 2.24) is 14.9 Å². The molecule has 0 saturated carbocycles. The third kappa shape index (κ3) is 2.33. The smallest absolute Gasteiger partial charge is 0.262 e. The van der Waals surface area contributed by atoms with E-state index < -0.39 is 11.4 Å². The van der Waals surface area contributed by atoms with Crippen molar-refractivity contribution < 1.29 is 9.59 Å². The average molecular weight is 314 g/mol. The molecule has 1 fully saturated rings. The number of hydrogen-bond donors (Lipinski definition) is 2. The second-order valence-corrected chi connectivity index (χ2v) is 6.01. The van der Waals surface area contributed by atoms with Crippen LogP contribution in [0.2, 0.25) is 0 Å². The summed E-state index contributed by atoms with van der Waals surface area (Å²) in [6.07, 6.45) is 0.463. The van der Waals surface area contributed by atoms with Crippen LogP contribution in [-0.2, 0) is 21.7 Å². The number of imide groups is 1. The molecule has 2 heterocycles. The molecule has 23 heavy (non-hydrogen) atoms. The zero-order valence-electron chi connectivity index (χ0n) is 13.0. The maximum absolute atomic E-state index is 12.9. The van der Waals surface area contributed by atoms with Crippen LogP contribution in [0.4, 0.5) is 0 Å². The Bertz CT molecular complexity index is 887. The highest BCUT2D eigenvalue weighted by atomic mass is 16.2. The van der Waals surface area contributed by atoms with Crippen LogP contribution in [0.3, 0.4) is 0 Å². The zero-order chi connectivity index (χ0) is 16.8.